The number of carbonyl (C=O) groups is 3. The zero-order valence-corrected chi connectivity index (χ0v) is 20.6. The van der Waals surface area contributed by atoms with E-state index in [-0.39, 0.29) is 25.0 Å². The fraction of sp³-hybridized carbons (Fsp3) is 0.654. The highest BCUT2D eigenvalue weighted by Gasteiger charge is 2.78. The SMILES string of the molecule is CCOC(=O)[C@H]1[C@H]2C(=O)N(CCCCO)C(C(=O)Nc3cc(C)ccc3C)C23CC[C@]1(CC)O3. The van der Waals surface area contributed by atoms with Gasteiger partial charge in [-0.2, -0.15) is 0 Å². The van der Waals surface area contributed by atoms with Gasteiger partial charge in [0.05, 0.1) is 18.1 Å². The Kier molecular flexibility index (Phi) is 6.75. The third-order valence-corrected chi connectivity index (χ3v) is 7.93. The molecule has 2 bridgehead atoms. The van der Waals surface area contributed by atoms with Crippen molar-refractivity contribution in [3.8, 4) is 0 Å². The highest BCUT2D eigenvalue weighted by atomic mass is 16.6. The van der Waals surface area contributed by atoms with Crippen LogP contribution in [0.2, 0.25) is 0 Å². The quantitative estimate of drug-likeness (QED) is 0.423. The van der Waals surface area contributed by atoms with E-state index in [9.17, 15) is 19.5 Å². The Hall–Kier alpha value is -2.45. The van der Waals surface area contributed by atoms with Crippen LogP contribution in [0.5, 0.6) is 0 Å². The minimum Gasteiger partial charge on any atom is -0.466 e. The Balaban J connectivity index is 1.74. The van der Waals surface area contributed by atoms with Crippen LogP contribution in [0.3, 0.4) is 0 Å². The molecular formula is C26H36N2O6. The van der Waals surface area contributed by atoms with Gasteiger partial charge in [0.2, 0.25) is 11.8 Å². The minimum atomic E-state index is -1.06. The fourth-order valence-corrected chi connectivity index (χ4v) is 6.32. The normalized spacial score (nSPS) is 31.6. The van der Waals surface area contributed by atoms with Crippen molar-refractivity contribution in [3.63, 3.8) is 0 Å². The highest BCUT2D eigenvalue weighted by Crippen LogP contribution is 2.64. The predicted molar refractivity (Wildman–Crippen MR) is 126 cm³/mol. The first-order valence-corrected chi connectivity index (χ1v) is 12.4. The number of hydrogen-bond donors (Lipinski definition) is 2. The predicted octanol–water partition coefficient (Wildman–Crippen LogP) is 2.73. The lowest BCUT2D eigenvalue weighted by Crippen LogP contribution is -2.53. The molecule has 186 valence electrons. The summed E-state index contributed by atoms with van der Waals surface area (Å²) in [5.74, 6) is -2.42. The molecule has 5 atom stereocenters. The molecule has 1 aromatic rings. The molecule has 0 saturated carbocycles. The van der Waals surface area contributed by atoms with Gasteiger partial charge in [0.25, 0.3) is 0 Å². The smallest absolute Gasteiger partial charge is 0.312 e. The lowest BCUT2D eigenvalue weighted by atomic mass is 9.65. The summed E-state index contributed by atoms with van der Waals surface area (Å²) >= 11 is 0. The average Bonchev–Trinajstić information content (AvgIpc) is 3.40. The molecule has 0 radical (unpaired) electrons. The number of nitrogens with one attached hydrogen (secondary N) is 1. The topological polar surface area (TPSA) is 105 Å². The standard InChI is InChI=1S/C26H36N2O6/c1-5-25-11-12-26(34-25)19(20(25)24(32)33-6-2)23(31)28(13-7-8-14-29)21(26)22(30)27-18-15-16(3)9-10-17(18)4/h9-10,15,19-21,29H,5-8,11-14H2,1-4H3,(H,27,30)/t19-,20+,21?,25-,26?/m0/s1. The second-order valence-corrected chi connectivity index (χ2v) is 9.86. The molecule has 8 heteroatoms. The largest absolute Gasteiger partial charge is 0.466 e. The van der Waals surface area contributed by atoms with Crippen molar-refractivity contribution in [1.82, 2.24) is 4.90 Å². The molecule has 3 saturated heterocycles. The van der Waals surface area contributed by atoms with Crippen LogP contribution in [0.4, 0.5) is 5.69 Å². The lowest BCUT2D eigenvalue weighted by Gasteiger charge is -2.33. The third-order valence-electron chi connectivity index (χ3n) is 7.93. The Morgan fingerprint density at radius 1 is 1.24 bits per heavy atom. The molecule has 3 aliphatic rings. The number of carbonyl (C=O) groups excluding carboxylic acids is 3. The van der Waals surface area contributed by atoms with Crippen molar-refractivity contribution in [3.05, 3.63) is 29.3 Å². The van der Waals surface area contributed by atoms with Crippen molar-refractivity contribution in [2.75, 3.05) is 25.1 Å². The summed E-state index contributed by atoms with van der Waals surface area (Å²) in [6, 6.07) is 5.00. The summed E-state index contributed by atoms with van der Waals surface area (Å²) in [7, 11) is 0. The first-order chi connectivity index (χ1) is 16.2. The number of fused-ring (bicyclic) bond motifs is 1. The van der Waals surface area contributed by atoms with Gasteiger partial charge in [-0.3, -0.25) is 14.4 Å². The highest BCUT2D eigenvalue weighted by molar-refractivity contribution is 6.03. The first-order valence-electron chi connectivity index (χ1n) is 12.4. The van der Waals surface area contributed by atoms with Crippen LogP contribution in [-0.4, -0.2) is 64.8 Å². The van der Waals surface area contributed by atoms with E-state index >= 15 is 0 Å². The summed E-state index contributed by atoms with van der Waals surface area (Å²) in [4.78, 5) is 42.3. The molecule has 3 heterocycles. The van der Waals surface area contributed by atoms with Crippen LogP contribution in [0.25, 0.3) is 0 Å². The van der Waals surface area contributed by atoms with Crippen molar-refractivity contribution in [2.24, 2.45) is 11.8 Å². The summed E-state index contributed by atoms with van der Waals surface area (Å²) in [6.45, 7) is 8.15. The maximum atomic E-state index is 13.8. The number of aliphatic hydroxyl groups excluding tert-OH is 1. The van der Waals surface area contributed by atoms with Gasteiger partial charge in [-0.1, -0.05) is 19.1 Å². The number of unbranched alkanes of at least 4 members (excludes halogenated alkanes) is 1. The number of likely N-dealkylation sites (tertiary alicyclic amines) is 1. The van der Waals surface area contributed by atoms with E-state index in [0.29, 0.717) is 44.3 Å². The molecule has 34 heavy (non-hydrogen) atoms. The number of aryl methyl sites for hydroxylation is 2. The van der Waals surface area contributed by atoms with Gasteiger partial charge in [-0.05, 0) is 70.1 Å². The van der Waals surface area contributed by atoms with Crippen LogP contribution in [0.15, 0.2) is 18.2 Å². The minimum absolute atomic E-state index is 0.0108. The second kappa shape index (κ2) is 9.30. The van der Waals surface area contributed by atoms with Crippen LogP contribution >= 0.6 is 0 Å². The van der Waals surface area contributed by atoms with Crippen molar-refractivity contribution < 1.29 is 29.0 Å². The monoisotopic (exact) mass is 472 g/mol. The van der Waals surface area contributed by atoms with Crippen molar-refractivity contribution >= 4 is 23.5 Å². The summed E-state index contributed by atoms with van der Waals surface area (Å²) in [6.07, 6.45) is 2.79. The summed E-state index contributed by atoms with van der Waals surface area (Å²) in [5.41, 5.74) is 0.791. The number of anilines is 1. The molecule has 1 aromatic carbocycles. The van der Waals surface area contributed by atoms with Gasteiger partial charge >= 0.3 is 5.97 Å². The molecule has 1 spiro atoms. The summed E-state index contributed by atoms with van der Waals surface area (Å²) < 4.78 is 12.0. The van der Waals surface area contributed by atoms with E-state index in [1.54, 1.807) is 11.8 Å². The summed E-state index contributed by atoms with van der Waals surface area (Å²) in [5, 5.41) is 12.3. The number of nitrogens with zero attached hydrogens (tertiary/aromatic N) is 1. The number of aliphatic hydroxyl groups is 1. The number of hydrogen-bond acceptors (Lipinski definition) is 6. The number of ether oxygens (including phenoxy) is 2. The van der Waals surface area contributed by atoms with Crippen molar-refractivity contribution in [2.45, 2.75) is 77.0 Å². The zero-order valence-electron chi connectivity index (χ0n) is 20.6. The average molecular weight is 473 g/mol. The first kappa shape index (κ1) is 24.7. The van der Waals surface area contributed by atoms with Crippen LogP contribution < -0.4 is 5.32 Å². The third kappa shape index (κ3) is 3.71. The number of amides is 2. The van der Waals surface area contributed by atoms with Crippen LogP contribution in [-0.2, 0) is 23.9 Å². The van der Waals surface area contributed by atoms with E-state index in [1.165, 1.54) is 0 Å². The molecule has 2 N–H and O–H groups in total. The molecule has 3 fully saturated rings. The fourth-order valence-electron chi connectivity index (χ4n) is 6.32. The molecule has 2 unspecified atom stereocenters. The molecule has 2 amide bonds. The Bertz CT molecular complexity index is 980. The van der Waals surface area contributed by atoms with Gasteiger partial charge in [0.15, 0.2) is 0 Å². The maximum absolute atomic E-state index is 13.8. The van der Waals surface area contributed by atoms with E-state index in [4.69, 9.17) is 9.47 Å². The van der Waals surface area contributed by atoms with Crippen molar-refractivity contribution in [1.29, 1.82) is 0 Å². The van der Waals surface area contributed by atoms with E-state index < -0.39 is 35.0 Å². The molecule has 4 rings (SSSR count). The molecule has 0 aromatic heterocycles. The molecular weight excluding hydrogens is 436 g/mol. The van der Waals surface area contributed by atoms with Gasteiger partial charge < -0.3 is 24.8 Å². The van der Waals surface area contributed by atoms with Gasteiger partial charge in [0, 0.05) is 18.8 Å². The Morgan fingerprint density at radius 2 is 2.00 bits per heavy atom. The number of benzene rings is 1. The zero-order chi connectivity index (χ0) is 24.7. The van der Waals surface area contributed by atoms with E-state index in [2.05, 4.69) is 5.32 Å². The number of esters is 1. The van der Waals surface area contributed by atoms with E-state index in [1.807, 2.05) is 39.0 Å². The lowest BCUT2D eigenvalue weighted by molar-refractivity contribution is -0.160. The van der Waals surface area contributed by atoms with Gasteiger partial charge in [0.1, 0.15) is 17.6 Å². The van der Waals surface area contributed by atoms with Crippen LogP contribution in [0.1, 0.15) is 57.1 Å². The number of rotatable bonds is 9. The maximum Gasteiger partial charge on any atom is 0.312 e. The second-order valence-electron chi connectivity index (χ2n) is 9.86. The molecule has 0 aliphatic carbocycles. The van der Waals surface area contributed by atoms with E-state index in [0.717, 1.165) is 11.1 Å². The Labute approximate surface area is 201 Å². The van der Waals surface area contributed by atoms with Gasteiger partial charge in [-0.25, -0.2) is 0 Å². The Morgan fingerprint density at radius 3 is 2.68 bits per heavy atom. The van der Waals surface area contributed by atoms with Crippen LogP contribution in [0, 0.1) is 25.7 Å². The molecule has 3 aliphatic heterocycles. The van der Waals surface area contributed by atoms with Gasteiger partial charge in [-0.15, -0.1) is 0 Å². The molecule has 8 nitrogen and oxygen atoms in total.